The highest BCUT2D eigenvalue weighted by atomic mass is 16.5. The molecule has 1 N–H and O–H groups in total. The van der Waals surface area contributed by atoms with Crippen LogP contribution in [0.2, 0.25) is 0 Å². The highest BCUT2D eigenvalue weighted by molar-refractivity contribution is 5.83. The SMILES string of the molecule is CC[C@H](c1nnnn1C(C)(C)CC)N(Cc1cc2cc(OC)c(OC)cc2[nH]c1=O)C1CCCC1. The van der Waals surface area contributed by atoms with E-state index in [1.807, 2.05) is 22.9 Å². The van der Waals surface area contributed by atoms with Crippen LogP contribution >= 0.6 is 0 Å². The molecule has 4 rings (SSSR count). The van der Waals surface area contributed by atoms with Crippen LogP contribution in [0.25, 0.3) is 10.9 Å². The Kier molecular flexibility index (Phi) is 7.44. The third-order valence-electron chi connectivity index (χ3n) is 7.59. The molecule has 1 aromatic carbocycles. The van der Waals surface area contributed by atoms with Gasteiger partial charge in [0.05, 0.1) is 31.3 Å². The summed E-state index contributed by atoms with van der Waals surface area (Å²) in [6.45, 7) is 9.18. The summed E-state index contributed by atoms with van der Waals surface area (Å²) in [7, 11) is 3.21. The van der Waals surface area contributed by atoms with E-state index in [1.165, 1.54) is 12.8 Å². The predicted molar refractivity (Wildman–Crippen MR) is 136 cm³/mol. The van der Waals surface area contributed by atoms with Crippen LogP contribution < -0.4 is 15.0 Å². The van der Waals surface area contributed by atoms with Gasteiger partial charge in [0, 0.05) is 29.6 Å². The molecular weight excluding hydrogens is 444 g/mol. The summed E-state index contributed by atoms with van der Waals surface area (Å²) in [4.78, 5) is 18.7. The number of nitrogens with zero attached hydrogens (tertiary/aromatic N) is 5. The third-order valence-corrected chi connectivity index (χ3v) is 7.59. The lowest BCUT2D eigenvalue weighted by Gasteiger charge is -2.36. The van der Waals surface area contributed by atoms with Crippen molar-refractivity contribution in [3.05, 3.63) is 39.9 Å². The molecule has 0 bridgehead atoms. The van der Waals surface area contributed by atoms with Gasteiger partial charge in [-0.25, -0.2) is 4.68 Å². The Morgan fingerprint density at radius 1 is 1.14 bits per heavy atom. The van der Waals surface area contributed by atoms with Gasteiger partial charge < -0.3 is 14.5 Å². The zero-order chi connectivity index (χ0) is 25.2. The highest BCUT2D eigenvalue weighted by Gasteiger charge is 2.35. The fourth-order valence-electron chi connectivity index (χ4n) is 5.17. The fourth-order valence-corrected chi connectivity index (χ4v) is 5.17. The van der Waals surface area contributed by atoms with Gasteiger partial charge >= 0.3 is 0 Å². The number of rotatable bonds is 10. The number of benzene rings is 1. The maximum atomic E-state index is 13.2. The molecule has 1 aliphatic carbocycles. The summed E-state index contributed by atoms with van der Waals surface area (Å²) >= 11 is 0. The van der Waals surface area contributed by atoms with Gasteiger partial charge in [-0.3, -0.25) is 9.69 Å². The Morgan fingerprint density at radius 3 is 2.46 bits per heavy atom. The van der Waals surface area contributed by atoms with Gasteiger partial charge in [0.1, 0.15) is 0 Å². The Labute approximate surface area is 206 Å². The molecule has 0 amide bonds. The number of pyridine rings is 1. The van der Waals surface area contributed by atoms with Gasteiger partial charge in [0.15, 0.2) is 17.3 Å². The van der Waals surface area contributed by atoms with E-state index in [-0.39, 0.29) is 17.1 Å². The number of fused-ring (bicyclic) bond motifs is 1. The van der Waals surface area contributed by atoms with E-state index in [2.05, 4.69) is 53.1 Å². The van der Waals surface area contributed by atoms with Crippen molar-refractivity contribution in [2.24, 2.45) is 0 Å². The van der Waals surface area contributed by atoms with Crippen LogP contribution in [0.1, 0.15) is 83.6 Å². The Bertz CT molecular complexity index is 1210. The number of methoxy groups -OCH3 is 2. The van der Waals surface area contributed by atoms with E-state index in [1.54, 1.807) is 14.2 Å². The maximum absolute atomic E-state index is 13.2. The van der Waals surface area contributed by atoms with Crippen molar-refractivity contribution < 1.29 is 9.47 Å². The fraction of sp³-hybridized carbons (Fsp3) is 0.615. The molecule has 2 heterocycles. The largest absolute Gasteiger partial charge is 0.493 e. The number of hydrogen-bond donors (Lipinski definition) is 1. The number of hydrogen-bond acceptors (Lipinski definition) is 7. The van der Waals surface area contributed by atoms with Crippen LogP contribution in [-0.2, 0) is 12.1 Å². The van der Waals surface area contributed by atoms with Crippen LogP contribution in [0.3, 0.4) is 0 Å². The second-order valence-corrected chi connectivity index (χ2v) is 10.1. The second kappa shape index (κ2) is 10.4. The molecule has 35 heavy (non-hydrogen) atoms. The summed E-state index contributed by atoms with van der Waals surface area (Å²) in [5.74, 6) is 2.10. The summed E-state index contributed by atoms with van der Waals surface area (Å²) < 4.78 is 12.9. The third kappa shape index (κ3) is 4.91. The van der Waals surface area contributed by atoms with E-state index < -0.39 is 0 Å². The first-order valence-electron chi connectivity index (χ1n) is 12.6. The van der Waals surface area contributed by atoms with Crippen molar-refractivity contribution in [2.45, 2.75) is 90.4 Å². The first-order valence-corrected chi connectivity index (χ1v) is 12.6. The van der Waals surface area contributed by atoms with Crippen molar-refractivity contribution in [3.63, 3.8) is 0 Å². The molecule has 1 fully saturated rings. The van der Waals surface area contributed by atoms with Gasteiger partial charge in [-0.15, -0.1) is 5.10 Å². The van der Waals surface area contributed by atoms with Crippen LogP contribution in [0, 0.1) is 0 Å². The molecule has 9 nitrogen and oxygen atoms in total. The predicted octanol–water partition coefficient (Wildman–Crippen LogP) is 4.57. The molecule has 1 atom stereocenters. The highest BCUT2D eigenvalue weighted by Crippen LogP contribution is 2.36. The van der Waals surface area contributed by atoms with E-state index in [0.29, 0.717) is 24.1 Å². The zero-order valence-corrected chi connectivity index (χ0v) is 21.8. The van der Waals surface area contributed by atoms with E-state index in [0.717, 1.165) is 48.0 Å². The van der Waals surface area contributed by atoms with Crippen molar-refractivity contribution in [2.75, 3.05) is 14.2 Å². The molecule has 1 saturated carbocycles. The number of aromatic amines is 1. The normalized spacial score (nSPS) is 15.7. The van der Waals surface area contributed by atoms with Crippen LogP contribution in [0.5, 0.6) is 11.5 Å². The number of H-pyrrole nitrogens is 1. The molecule has 1 aliphatic rings. The molecular formula is C26H38N6O3. The van der Waals surface area contributed by atoms with Crippen LogP contribution in [0.15, 0.2) is 23.0 Å². The van der Waals surface area contributed by atoms with Crippen molar-refractivity contribution in [1.29, 1.82) is 0 Å². The van der Waals surface area contributed by atoms with E-state index in [9.17, 15) is 4.79 Å². The van der Waals surface area contributed by atoms with Crippen molar-refractivity contribution in [3.8, 4) is 11.5 Å². The van der Waals surface area contributed by atoms with E-state index >= 15 is 0 Å². The topological polar surface area (TPSA) is 98.2 Å². The van der Waals surface area contributed by atoms with Gasteiger partial charge in [0.25, 0.3) is 5.56 Å². The molecule has 0 spiro atoms. The zero-order valence-electron chi connectivity index (χ0n) is 21.8. The minimum Gasteiger partial charge on any atom is -0.493 e. The average Bonchev–Trinajstić information content (AvgIpc) is 3.56. The van der Waals surface area contributed by atoms with Gasteiger partial charge in [-0.2, -0.15) is 0 Å². The molecule has 0 radical (unpaired) electrons. The lowest BCUT2D eigenvalue weighted by atomic mass is 10.00. The van der Waals surface area contributed by atoms with Crippen molar-refractivity contribution in [1.82, 2.24) is 30.1 Å². The minimum atomic E-state index is -0.191. The molecule has 190 valence electrons. The quantitative estimate of drug-likeness (QED) is 0.452. The molecule has 0 aliphatic heterocycles. The Hall–Kier alpha value is -2.94. The van der Waals surface area contributed by atoms with Gasteiger partial charge in [0.2, 0.25) is 0 Å². The lowest BCUT2D eigenvalue weighted by molar-refractivity contribution is 0.106. The van der Waals surface area contributed by atoms with Gasteiger partial charge in [-0.1, -0.05) is 26.7 Å². The lowest BCUT2D eigenvalue weighted by Crippen LogP contribution is -2.40. The molecule has 0 unspecified atom stereocenters. The van der Waals surface area contributed by atoms with E-state index in [4.69, 9.17) is 9.47 Å². The number of aromatic nitrogens is 5. The standard InChI is InChI=1S/C26H38N6O3/c1-7-21(24-28-29-30-32(24)26(3,4)8-2)31(19-11-9-10-12-19)16-18-13-17-14-22(34-5)23(35-6)15-20(17)27-25(18)33/h13-15,19,21H,7-12,16H2,1-6H3,(H,27,33)/t21-/m1/s1. The number of nitrogens with one attached hydrogen (secondary N) is 1. The second-order valence-electron chi connectivity index (χ2n) is 10.1. The summed E-state index contributed by atoms with van der Waals surface area (Å²) in [5.41, 5.74) is 1.17. The first kappa shape index (κ1) is 25.2. The average molecular weight is 483 g/mol. The summed E-state index contributed by atoms with van der Waals surface area (Å²) in [6.07, 6.45) is 6.41. The maximum Gasteiger partial charge on any atom is 0.252 e. The first-order chi connectivity index (χ1) is 16.8. The minimum absolute atomic E-state index is 0.0134. The monoisotopic (exact) mass is 482 g/mol. The number of ether oxygens (including phenoxy) is 2. The Morgan fingerprint density at radius 2 is 1.83 bits per heavy atom. The Balaban J connectivity index is 1.76. The van der Waals surface area contributed by atoms with Gasteiger partial charge in [-0.05, 0) is 62.1 Å². The summed E-state index contributed by atoms with van der Waals surface area (Å²) in [5, 5.41) is 13.8. The molecule has 3 aromatic rings. The van der Waals surface area contributed by atoms with Crippen LogP contribution in [0.4, 0.5) is 0 Å². The number of tetrazole rings is 1. The molecule has 0 saturated heterocycles. The van der Waals surface area contributed by atoms with Crippen molar-refractivity contribution >= 4 is 10.9 Å². The molecule has 2 aromatic heterocycles. The molecule has 9 heteroatoms. The summed E-state index contributed by atoms with van der Waals surface area (Å²) in [6, 6.07) is 6.10. The van der Waals surface area contributed by atoms with Crippen LogP contribution in [-0.4, -0.2) is 50.4 Å². The smallest absolute Gasteiger partial charge is 0.252 e.